The third kappa shape index (κ3) is 5.70. The van der Waals surface area contributed by atoms with Gasteiger partial charge in [-0.25, -0.2) is 0 Å². The van der Waals surface area contributed by atoms with Crippen LogP contribution in [0.3, 0.4) is 0 Å². The minimum atomic E-state index is -0.320. The zero-order valence-electron chi connectivity index (χ0n) is 19.6. The highest BCUT2D eigenvalue weighted by atomic mass is 35.5. The molecule has 0 aliphatic heterocycles. The number of hydrogen-bond acceptors (Lipinski definition) is 6. The van der Waals surface area contributed by atoms with Crippen LogP contribution in [0.25, 0.3) is 16.7 Å². The number of benzene rings is 3. The molecule has 0 bridgehead atoms. The first-order valence-corrected chi connectivity index (χ1v) is 11.6. The number of nitrogens with zero attached hydrogens (tertiary/aromatic N) is 3. The lowest BCUT2D eigenvalue weighted by atomic mass is 10.2. The summed E-state index contributed by atoms with van der Waals surface area (Å²) >= 11 is 11.6. The largest absolute Gasteiger partial charge is 0.495 e. The second-order valence-electron chi connectivity index (χ2n) is 8.06. The Morgan fingerprint density at radius 3 is 2.37 bits per heavy atom. The minimum absolute atomic E-state index is 0.0580. The lowest BCUT2D eigenvalue weighted by Gasteiger charge is -2.12. The fraction of sp³-hybridized carbons (Fsp3) is 0.200. The predicted octanol–water partition coefficient (Wildman–Crippen LogP) is 5.30. The number of methoxy groups -OCH3 is 1. The summed E-state index contributed by atoms with van der Waals surface area (Å²) in [5.74, 6) is 0.954. The number of hydrogen-bond donors (Lipinski definition) is 2. The molecule has 0 aliphatic carbocycles. The van der Waals surface area contributed by atoms with Gasteiger partial charge >= 0.3 is 0 Å². The second kappa shape index (κ2) is 10.3. The van der Waals surface area contributed by atoms with Gasteiger partial charge in [-0.05, 0) is 93.1 Å². The Kier molecular flexibility index (Phi) is 7.18. The maximum absolute atomic E-state index is 12.6. The Labute approximate surface area is 213 Å². The SMILES string of the molecule is COc1ccc(-n2nc3cc(C)c(NC(=S)NC(=O)c4ccc(OC(C)C)cc4)cc3n2)cc1Cl. The van der Waals surface area contributed by atoms with Gasteiger partial charge in [0.1, 0.15) is 22.5 Å². The molecule has 2 N–H and O–H groups in total. The van der Waals surface area contributed by atoms with Crippen LogP contribution in [-0.2, 0) is 0 Å². The van der Waals surface area contributed by atoms with Crippen molar-refractivity contribution >= 4 is 51.6 Å². The van der Waals surface area contributed by atoms with Gasteiger partial charge in [0, 0.05) is 11.3 Å². The monoisotopic (exact) mass is 509 g/mol. The van der Waals surface area contributed by atoms with Gasteiger partial charge in [0.25, 0.3) is 5.91 Å². The number of rotatable bonds is 6. The van der Waals surface area contributed by atoms with Crippen LogP contribution in [0, 0.1) is 6.92 Å². The summed E-state index contributed by atoms with van der Waals surface area (Å²) < 4.78 is 10.8. The molecule has 1 aromatic heterocycles. The number of carbonyl (C=O) groups excluding carboxylic acids is 1. The molecule has 0 fully saturated rings. The van der Waals surface area contributed by atoms with E-state index in [0.29, 0.717) is 44.5 Å². The second-order valence-corrected chi connectivity index (χ2v) is 8.88. The summed E-state index contributed by atoms with van der Waals surface area (Å²) in [7, 11) is 1.56. The van der Waals surface area contributed by atoms with Crippen LogP contribution in [-0.4, -0.2) is 39.2 Å². The number of fused-ring (bicyclic) bond motifs is 1. The molecule has 0 spiro atoms. The van der Waals surface area contributed by atoms with Gasteiger partial charge < -0.3 is 14.8 Å². The highest BCUT2D eigenvalue weighted by molar-refractivity contribution is 7.80. The third-order valence-electron chi connectivity index (χ3n) is 5.06. The van der Waals surface area contributed by atoms with Crippen LogP contribution in [0.15, 0.2) is 54.6 Å². The van der Waals surface area contributed by atoms with E-state index in [-0.39, 0.29) is 17.1 Å². The number of aryl methyl sites for hydroxylation is 1. The number of aromatic nitrogens is 3. The average Bonchev–Trinajstić information content (AvgIpc) is 3.22. The van der Waals surface area contributed by atoms with E-state index < -0.39 is 0 Å². The van der Waals surface area contributed by atoms with Crippen molar-refractivity contribution in [2.24, 2.45) is 0 Å². The molecule has 1 heterocycles. The first-order valence-electron chi connectivity index (χ1n) is 10.8. The summed E-state index contributed by atoms with van der Waals surface area (Å²) in [5.41, 5.74) is 4.14. The highest BCUT2D eigenvalue weighted by Crippen LogP contribution is 2.27. The van der Waals surface area contributed by atoms with E-state index >= 15 is 0 Å². The predicted molar refractivity (Wildman–Crippen MR) is 141 cm³/mol. The zero-order chi connectivity index (χ0) is 25.1. The quantitative estimate of drug-likeness (QED) is 0.340. The highest BCUT2D eigenvalue weighted by Gasteiger charge is 2.13. The number of amides is 1. The summed E-state index contributed by atoms with van der Waals surface area (Å²) in [5, 5.41) is 15.5. The number of ether oxygens (including phenoxy) is 2. The van der Waals surface area contributed by atoms with E-state index in [0.717, 1.165) is 5.56 Å². The Morgan fingerprint density at radius 1 is 1.06 bits per heavy atom. The smallest absolute Gasteiger partial charge is 0.257 e. The van der Waals surface area contributed by atoms with Crippen molar-refractivity contribution in [1.29, 1.82) is 0 Å². The van der Waals surface area contributed by atoms with Crippen molar-refractivity contribution in [2.75, 3.05) is 12.4 Å². The van der Waals surface area contributed by atoms with Crippen molar-refractivity contribution in [3.63, 3.8) is 0 Å². The fourth-order valence-electron chi connectivity index (χ4n) is 3.38. The minimum Gasteiger partial charge on any atom is -0.495 e. The maximum atomic E-state index is 12.6. The van der Waals surface area contributed by atoms with E-state index in [4.69, 9.17) is 33.3 Å². The van der Waals surface area contributed by atoms with Crippen molar-refractivity contribution < 1.29 is 14.3 Å². The van der Waals surface area contributed by atoms with Crippen LogP contribution >= 0.6 is 23.8 Å². The van der Waals surface area contributed by atoms with Gasteiger partial charge in [-0.2, -0.15) is 4.80 Å². The molecule has 3 aromatic carbocycles. The molecular weight excluding hydrogens is 486 g/mol. The summed E-state index contributed by atoms with van der Waals surface area (Å²) in [6, 6.07) is 15.9. The normalized spacial score (nSPS) is 10.9. The molecule has 0 radical (unpaired) electrons. The van der Waals surface area contributed by atoms with Gasteiger partial charge in [-0.3, -0.25) is 10.1 Å². The lowest BCUT2D eigenvalue weighted by Crippen LogP contribution is -2.34. The topological polar surface area (TPSA) is 90.3 Å². The molecule has 4 rings (SSSR count). The Hall–Kier alpha value is -3.69. The van der Waals surface area contributed by atoms with Crippen molar-refractivity contribution in [3.05, 3.63) is 70.7 Å². The molecule has 0 unspecified atom stereocenters. The molecular formula is C25H24ClN5O3S. The lowest BCUT2D eigenvalue weighted by molar-refractivity contribution is 0.0977. The molecule has 4 aromatic rings. The van der Waals surface area contributed by atoms with Gasteiger partial charge in [-0.1, -0.05) is 11.6 Å². The summed E-state index contributed by atoms with van der Waals surface area (Å²) in [6.45, 7) is 5.81. The van der Waals surface area contributed by atoms with E-state index in [1.54, 1.807) is 43.5 Å². The molecule has 10 heteroatoms. The maximum Gasteiger partial charge on any atom is 0.257 e. The summed E-state index contributed by atoms with van der Waals surface area (Å²) in [6.07, 6.45) is 0.0580. The zero-order valence-corrected chi connectivity index (χ0v) is 21.2. The molecule has 0 saturated carbocycles. The Morgan fingerprint density at radius 2 is 1.74 bits per heavy atom. The van der Waals surface area contributed by atoms with Crippen LogP contribution in [0.1, 0.15) is 29.8 Å². The number of halogens is 1. The Balaban J connectivity index is 1.47. The molecule has 35 heavy (non-hydrogen) atoms. The van der Waals surface area contributed by atoms with E-state index in [9.17, 15) is 4.79 Å². The van der Waals surface area contributed by atoms with Gasteiger partial charge in [0.05, 0.1) is 23.9 Å². The fourth-order valence-corrected chi connectivity index (χ4v) is 3.84. The van der Waals surface area contributed by atoms with Crippen LogP contribution < -0.4 is 20.1 Å². The van der Waals surface area contributed by atoms with Crippen molar-refractivity contribution in [3.8, 4) is 17.2 Å². The molecule has 180 valence electrons. The number of nitrogens with one attached hydrogen (secondary N) is 2. The summed E-state index contributed by atoms with van der Waals surface area (Å²) in [4.78, 5) is 14.1. The van der Waals surface area contributed by atoms with Crippen molar-refractivity contribution in [1.82, 2.24) is 20.3 Å². The van der Waals surface area contributed by atoms with Gasteiger partial charge in [0.15, 0.2) is 5.11 Å². The van der Waals surface area contributed by atoms with Crippen molar-refractivity contribution in [2.45, 2.75) is 26.9 Å². The van der Waals surface area contributed by atoms with Crippen LogP contribution in [0.2, 0.25) is 5.02 Å². The molecule has 0 atom stereocenters. The molecule has 1 amide bonds. The van der Waals surface area contributed by atoms with E-state index in [1.807, 2.05) is 39.0 Å². The first kappa shape index (κ1) is 24.4. The van der Waals surface area contributed by atoms with Gasteiger partial charge in [0.2, 0.25) is 0 Å². The third-order valence-corrected chi connectivity index (χ3v) is 5.56. The van der Waals surface area contributed by atoms with Crippen LogP contribution in [0.5, 0.6) is 11.5 Å². The molecule has 0 aliphatic rings. The van der Waals surface area contributed by atoms with E-state index in [1.165, 1.54) is 4.80 Å². The van der Waals surface area contributed by atoms with Gasteiger partial charge in [-0.15, -0.1) is 10.2 Å². The van der Waals surface area contributed by atoms with Crippen LogP contribution in [0.4, 0.5) is 5.69 Å². The van der Waals surface area contributed by atoms with E-state index in [2.05, 4.69) is 20.8 Å². The molecule has 0 saturated heterocycles. The standard InChI is InChI=1S/C25H24ClN5O3S/c1-14(2)34-18-8-5-16(6-9-18)24(32)28-25(35)27-20-13-22-21(11-15(20)3)29-31(30-22)17-7-10-23(33-4)19(26)12-17/h5-14H,1-4H3,(H2,27,28,32,35). The number of anilines is 1. The average molecular weight is 510 g/mol. The number of thiocarbonyl (C=S) groups is 1. The Bertz CT molecular complexity index is 1400. The molecule has 8 nitrogen and oxygen atoms in total. The first-order chi connectivity index (χ1) is 16.7. The number of carbonyl (C=O) groups is 1.